The van der Waals surface area contributed by atoms with Crippen molar-refractivity contribution in [1.82, 2.24) is 10.1 Å². The van der Waals surface area contributed by atoms with Gasteiger partial charge in [-0.25, -0.2) is 10.1 Å². The van der Waals surface area contributed by atoms with E-state index in [-0.39, 0.29) is 6.01 Å². The minimum Gasteiger partial charge on any atom is -0.443 e. The Kier molecular flexibility index (Phi) is 2.73. The molecule has 0 aliphatic heterocycles. The van der Waals surface area contributed by atoms with Crippen molar-refractivity contribution in [1.29, 1.82) is 0 Å². The van der Waals surface area contributed by atoms with Gasteiger partial charge in [0.25, 0.3) is 0 Å². The van der Waals surface area contributed by atoms with Crippen LogP contribution >= 0.6 is 0 Å². The molecule has 1 aromatic rings. The minimum atomic E-state index is -0.610. The molecule has 0 radical (unpaired) electrons. The molecular formula is C8H13N3O3. The number of aryl methyl sites for hydroxylation is 1. The molecule has 1 rings (SSSR count). The highest BCUT2D eigenvalue weighted by Gasteiger charge is 2.17. The van der Waals surface area contributed by atoms with Crippen molar-refractivity contribution in [3.8, 4) is 0 Å². The van der Waals surface area contributed by atoms with Gasteiger partial charge in [0.15, 0.2) is 5.82 Å². The molecule has 0 spiro atoms. The number of nitrogens with zero attached hydrogens (tertiary/aromatic N) is 2. The first-order valence-corrected chi connectivity index (χ1v) is 4.17. The smallest absolute Gasteiger partial charge is 0.415 e. The van der Waals surface area contributed by atoms with E-state index in [1.165, 1.54) is 0 Å². The Bertz CT molecular complexity index is 327. The fourth-order valence-electron chi connectivity index (χ4n) is 0.739. The summed E-state index contributed by atoms with van der Waals surface area (Å²) in [5, 5.41) is 5.83. The Morgan fingerprint density at radius 3 is 2.57 bits per heavy atom. The summed E-state index contributed by atoms with van der Waals surface area (Å²) in [6.45, 7) is 6.96. The number of ether oxygens (including phenoxy) is 1. The van der Waals surface area contributed by atoms with E-state index >= 15 is 0 Å². The van der Waals surface area contributed by atoms with E-state index in [0.29, 0.717) is 5.82 Å². The van der Waals surface area contributed by atoms with Gasteiger partial charge >= 0.3 is 12.1 Å². The second-order valence-electron chi connectivity index (χ2n) is 3.77. The van der Waals surface area contributed by atoms with E-state index in [1.54, 1.807) is 27.7 Å². The Balaban J connectivity index is 2.50. The van der Waals surface area contributed by atoms with E-state index in [0.717, 1.165) is 0 Å². The van der Waals surface area contributed by atoms with E-state index in [9.17, 15) is 4.79 Å². The molecule has 6 nitrogen and oxygen atoms in total. The minimum absolute atomic E-state index is 0.0387. The standard InChI is InChI=1S/C8H13N3O3/c1-5-9-6(14-11-5)10-7(12)13-8(2,3)4/h1-4H3,(H,9,10,11,12). The average Bonchev–Trinajstić information content (AvgIpc) is 2.30. The van der Waals surface area contributed by atoms with Crippen LogP contribution in [0.1, 0.15) is 26.6 Å². The number of rotatable bonds is 1. The van der Waals surface area contributed by atoms with Crippen molar-refractivity contribution in [2.75, 3.05) is 5.32 Å². The second-order valence-corrected chi connectivity index (χ2v) is 3.77. The second kappa shape index (κ2) is 3.65. The zero-order chi connectivity index (χ0) is 10.8. The Morgan fingerprint density at radius 2 is 2.14 bits per heavy atom. The molecule has 0 atom stereocenters. The van der Waals surface area contributed by atoms with Crippen LogP contribution in [-0.2, 0) is 4.74 Å². The van der Waals surface area contributed by atoms with Crippen LogP contribution < -0.4 is 5.32 Å². The molecule has 1 heterocycles. The summed E-state index contributed by atoms with van der Waals surface area (Å²) in [6.07, 6.45) is -0.610. The van der Waals surface area contributed by atoms with E-state index < -0.39 is 11.7 Å². The molecule has 78 valence electrons. The maximum atomic E-state index is 11.2. The quantitative estimate of drug-likeness (QED) is 0.745. The highest BCUT2D eigenvalue weighted by molar-refractivity contribution is 5.81. The van der Waals surface area contributed by atoms with Crippen LogP contribution in [0.3, 0.4) is 0 Å². The summed E-state index contributed by atoms with van der Waals surface area (Å²) in [6, 6.07) is 0.0387. The number of amides is 1. The Hall–Kier alpha value is -1.59. The Morgan fingerprint density at radius 1 is 1.50 bits per heavy atom. The third kappa shape index (κ3) is 3.42. The molecule has 0 unspecified atom stereocenters. The van der Waals surface area contributed by atoms with Crippen LogP contribution in [0.15, 0.2) is 4.52 Å². The number of carbonyl (C=O) groups is 1. The highest BCUT2D eigenvalue weighted by Crippen LogP contribution is 2.09. The number of aromatic nitrogens is 2. The first-order valence-electron chi connectivity index (χ1n) is 4.17. The highest BCUT2D eigenvalue weighted by atomic mass is 16.6. The van der Waals surface area contributed by atoms with Gasteiger partial charge in [0, 0.05) is 0 Å². The molecule has 0 saturated carbocycles. The largest absolute Gasteiger partial charge is 0.443 e. The molecule has 14 heavy (non-hydrogen) atoms. The molecular weight excluding hydrogens is 186 g/mol. The average molecular weight is 199 g/mol. The van der Waals surface area contributed by atoms with Crippen LogP contribution in [0, 0.1) is 6.92 Å². The molecule has 6 heteroatoms. The normalized spacial score (nSPS) is 11.1. The van der Waals surface area contributed by atoms with Gasteiger partial charge in [0.2, 0.25) is 0 Å². The van der Waals surface area contributed by atoms with Crippen molar-refractivity contribution >= 4 is 12.1 Å². The first-order chi connectivity index (χ1) is 6.37. The van der Waals surface area contributed by atoms with Crippen molar-refractivity contribution < 1.29 is 14.1 Å². The number of hydrogen-bond acceptors (Lipinski definition) is 5. The maximum absolute atomic E-state index is 11.2. The van der Waals surface area contributed by atoms with Crippen molar-refractivity contribution in [2.45, 2.75) is 33.3 Å². The van der Waals surface area contributed by atoms with E-state index in [4.69, 9.17) is 4.74 Å². The van der Waals surface area contributed by atoms with Crippen molar-refractivity contribution in [3.05, 3.63) is 5.82 Å². The summed E-state index contributed by atoms with van der Waals surface area (Å²) >= 11 is 0. The van der Waals surface area contributed by atoms with Crippen LogP contribution in [0.5, 0.6) is 0 Å². The lowest BCUT2D eigenvalue weighted by Crippen LogP contribution is -2.27. The first kappa shape index (κ1) is 10.5. The third-order valence-electron chi connectivity index (χ3n) is 1.14. The van der Waals surface area contributed by atoms with Gasteiger partial charge < -0.3 is 9.26 Å². The zero-order valence-electron chi connectivity index (χ0n) is 8.62. The molecule has 0 bridgehead atoms. The summed E-state index contributed by atoms with van der Waals surface area (Å²) in [5.74, 6) is 0.455. The summed E-state index contributed by atoms with van der Waals surface area (Å²) in [5.41, 5.74) is -0.543. The van der Waals surface area contributed by atoms with Gasteiger partial charge in [-0.3, -0.25) is 0 Å². The van der Waals surface area contributed by atoms with E-state index in [2.05, 4.69) is 20.0 Å². The molecule has 0 fully saturated rings. The molecule has 1 aromatic heterocycles. The summed E-state index contributed by atoms with van der Waals surface area (Å²) < 4.78 is 9.65. The van der Waals surface area contributed by atoms with Gasteiger partial charge in [-0.2, -0.15) is 4.98 Å². The Labute approximate surface area is 81.6 Å². The molecule has 0 saturated heterocycles. The van der Waals surface area contributed by atoms with Crippen molar-refractivity contribution in [3.63, 3.8) is 0 Å². The van der Waals surface area contributed by atoms with Gasteiger partial charge in [0.1, 0.15) is 5.60 Å². The summed E-state index contributed by atoms with van der Waals surface area (Å²) in [4.78, 5) is 15.0. The van der Waals surface area contributed by atoms with Crippen LogP contribution in [0.25, 0.3) is 0 Å². The molecule has 0 aliphatic carbocycles. The van der Waals surface area contributed by atoms with Crippen LogP contribution in [-0.4, -0.2) is 21.8 Å². The number of hydrogen-bond donors (Lipinski definition) is 1. The maximum Gasteiger partial charge on any atom is 0.415 e. The van der Waals surface area contributed by atoms with Gasteiger partial charge in [-0.15, -0.1) is 0 Å². The predicted molar refractivity (Wildman–Crippen MR) is 48.9 cm³/mol. The fraction of sp³-hybridized carbons (Fsp3) is 0.625. The van der Waals surface area contributed by atoms with Crippen LogP contribution in [0.4, 0.5) is 10.8 Å². The fourth-order valence-corrected chi connectivity index (χ4v) is 0.739. The lowest BCUT2D eigenvalue weighted by Gasteiger charge is -2.18. The molecule has 1 N–H and O–H groups in total. The van der Waals surface area contributed by atoms with E-state index in [1.807, 2.05) is 0 Å². The number of carbonyl (C=O) groups excluding carboxylic acids is 1. The summed E-state index contributed by atoms with van der Waals surface area (Å²) in [7, 11) is 0. The number of anilines is 1. The lowest BCUT2D eigenvalue weighted by atomic mass is 10.2. The molecule has 0 aliphatic rings. The van der Waals surface area contributed by atoms with Gasteiger partial charge in [-0.05, 0) is 27.7 Å². The zero-order valence-corrected chi connectivity index (χ0v) is 8.62. The lowest BCUT2D eigenvalue weighted by molar-refractivity contribution is 0.0631. The van der Waals surface area contributed by atoms with Crippen LogP contribution in [0.2, 0.25) is 0 Å². The SMILES string of the molecule is Cc1noc(NC(=O)OC(C)(C)C)n1. The molecule has 1 amide bonds. The number of nitrogens with one attached hydrogen (secondary N) is 1. The van der Waals surface area contributed by atoms with Gasteiger partial charge in [-0.1, -0.05) is 5.16 Å². The predicted octanol–water partition coefficient (Wildman–Crippen LogP) is 1.73. The topological polar surface area (TPSA) is 77.2 Å². The van der Waals surface area contributed by atoms with Crippen molar-refractivity contribution in [2.24, 2.45) is 0 Å². The monoisotopic (exact) mass is 199 g/mol. The molecule has 0 aromatic carbocycles. The van der Waals surface area contributed by atoms with Gasteiger partial charge in [0.05, 0.1) is 0 Å². The third-order valence-corrected chi connectivity index (χ3v) is 1.14.